The van der Waals surface area contributed by atoms with Gasteiger partial charge in [0, 0.05) is 28.8 Å². The number of benzene rings is 2. The van der Waals surface area contributed by atoms with Gasteiger partial charge in [-0.15, -0.1) is 0 Å². The molecule has 1 amide bonds. The fourth-order valence-electron chi connectivity index (χ4n) is 2.47. The van der Waals surface area contributed by atoms with Crippen molar-refractivity contribution >= 4 is 23.4 Å². The molecule has 2 aromatic carbocycles. The molecule has 0 aliphatic heterocycles. The number of carbonyl (C=O) groups excluding carboxylic acids is 1. The standard InChI is InChI=1S/C22H21N3O2S/c1-15(2)22(26)24-17-6-4-5-16(13-17)14-20-23-12-11-21(25-20)28-19-9-7-18(27-3)8-10-19/h4-13H,1,14H2,2-3H3,(H,24,26). The van der Waals surface area contributed by atoms with Crippen LogP contribution in [0.25, 0.3) is 0 Å². The fourth-order valence-corrected chi connectivity index (χ4v) is 3.26. The van der Waals surface area contributed by atoms with Gasteiger partial charge in [-0.3, -0.25) is 4.79 Å². The molecule has 28 heavy (non-hydrogen) atoms. The van der Waals surface area contributed by atoms with Crippen molar-refractivity contribution in [2.75, 3.05) is 12.4 Å². The van der Waals surface area contributed by atoms with E-state index in [2.05, 4.69) is 21.9 Å². The monoisotopic (exact) mass is 391 g/mol. The van der Waals surface area contributed by atoms with Gasteiger partial charge in [0.2, 0.25) is 0 Å². The van der Waals surface area contributed by atoms with Crippen LogP contribution < -0.4 is 10.1 Å². The second-order valence-corrected chi connectivity index (χ2v) is 7.29. The molecule has 3 aromatic rings. The van der Waals surface area contributed by atoms with Gasteiger partial charge >= 0.3 is 0 Å². The zero-order chi connectivity index (χ0) is 19.9. The molecule has 0 saturated carbocycles. The average molecular weight is 391 g/mol. The van der Waals surface area contributed by atoms with Crippen LogP contribution in [0.15, 0.2) is 82.9 Å². The minimum absolute atomic E-state index is 0.189. The first-order valence-corrected chi connectivity index (χ1v) is 9.55. The van der Waals surface area contributed by atoms with Crippen molar-refractivity contribution in [2.24, 2.45) is 0 Å². The molecule has 1 heterocycles. The summed E-state index contributed by atoms with van der Waals surface area (Å²) >= 11 is 1.57. The number of hydrogen-bond acceptors (Lipinski definition) is 5. The van der Waals surface area contributed by atoms with E-state index in [0.29, 0.717) is 12.0 Å². The number of carbonyl (C=O) groups is 1. The molecule has 1 N–H and O–H groups in total. The topological polar surface area (TPSA) is 64.1 Å². The maximum absolute atomic E-state index is 11.8. The third-order valence-electron chi connectivity index (χ3n) is 3.90. The molecule has 0 aliphatic rings. The molecule has 6 heteroatoms. The van der Waals surface area contributed by atoms with E-state index in [0.717, 1.165) is 32.7 Å². The summed E-state index contributed by atoms with van der Waals surface area (Å²) in [5, 5.41) is 3.70. The van der Waals surface area contributed by atoms with Gasteiger partial charge in [0.05, 0.1) is 7.11 Å². The number of nitrogens with one attached hydrogen (secondary N) is 1. The van der Waals surface area contributed by atoms with E-state index >= 15 is 0 Å². The fraction of sp³-hybridized carbons (Fsp3) is 0.136. The van der Waals surface area contributed by atoms with Crippen LogP contribution in [0, 0.1) is 0 Å². The van der Waals surface area contributed by atoms with Crippen LogP contribution in [-0.4, -0.2) is 23.0 Å². The van der Waals surface area contributed by atoms with E-state index in [1.807, 2.05) is 54.6 Å². The highest BCUT2D eigenvalue weighted by Crippen LogP contribution is 2.27. The van der Waals surface area contributed by atoms with Crippen LogP contribution in [0.5, 0.6) is 5.75 Å². The third kappa shape index (κ3) is 5.44. The minimum Gasteiger partial charge on any atom is -0.497 e. The predicted molar refractivity (Wildman–Crippen MR) is 112 cm³/mol. The van der Waals surface area contributed by atoms with Crippen molar-refractivity contribution in [3.05, 3.63) is 84.3 Å². The van der Waals surface area contributed by atoms with Crippen molar-refractivity contribution in [3.63, 3.8) is 0 Å². The van der Waals surface area contributed by atoms with E-state index in [1.54, 1.807) is 32.0 Å². The first-order valence-electron chi connectivity index (χ1n) is 8.73. The van der Waals surface area contributed by atoms with Crippen LogP contribution in [0.3, 0.4) is 0 Å². The summed E-state index contributed by atoms with van der Waals surface area (Å²) in [6, 6.07) is 17.4. The summed E-state index contributed by atoms with van der Waals surface area (Å²) in [5.41, 5.74) is 2.22. The quantitative estimate of drug-likeness (QED) is 0.465. The lowest BCUT2D eigenvalue weighted by Gasteiger charge is -2.08. The van der Waals surface area contributed by atoms with Gasteiger partial charge in [-0.05, 0) is 55.0 Å². The van der Waals surface area contributed by atoms with Crippen LogP contribution >= 0.6 is 11.8 Å². The SMILES string of the molecule is C=C(C)C(=O)Nc1cccc(Cc2nccc(Sc3ccc(OC)cc3)n2)c1. The molecule has 0 radical (unpaired) electrons. The maximum Gasteiger partial charge on any atom is 0.250 e. The largest absolute Gasteiger partial charge is 0.497 e. The highest BCUT2D eigenvalue weighted by Gasteiger charge is 2.06. The van der Waals surface area contributed by atoms with Crippen molar-refractivity contribution in [3.8, 4) is 5.75 Å². The molecule has 3 rings (SSSR count). The van der Waals surface area contributed by atoms with Crippen LogP contribution in [0.2, 0.25) is 0 Å². The second kappa shape index (κ2) is 9.19. The highest BCUT2D eigenvalue weighted by molar-refractivity contribution is 7.99. The number of ether oxygens (including phenoxy) is 1. The lowest BCUT2D eigenvalue weighted by Crippen LogP contribution is -2.11. The second-order valence-electron chi connectivity index (χ2n) is 6.20. The van der Waals surface area contributed by atoms with Gasteiger partial charge in [-0.25, -0.2) is 9.97 Å². The van der Waals surface area contributed by atoms with Gasteiger partial charge in [-0.1, -0.05) is 30.5 Å². The van der Waals surface area contributed by atoms with E-state index in [-0.39, 0.29) is 5.91 Å². The van der Waals surface area contributed by atoms with Gasteiger partial charge in [0.25, 0.3) is 5.91 Å². The Labute approximate surface area is 168 Å². The summed E-state index contributed by atoms with van der Waals surface area (Å²) in [6.45, 7) is 5.33. The molecule has 1 aromatic heterocycles. The number of hydrogen-bond donors (Lipinski definition) is 1. The molecule has 0 fully saturated rings. The van der Waals surface area contributed by atoms with E-state index in [4.69, 9.17) is 4.74 Å². The van der Waals surface area contributed by atoms with Crippen LogP contribution in [-0.2, 0) is 11.2 Å². The summed E-state index contributed by atoms with van der Waals surface area (Å²) < 4.78 is 5.19. The lowest BCUT2D eigenvalue weighted by molar-refractivity contribution is -0.112. The smallest absolute Gasteiger partial charge is 0.250 e. The molecular formula is C22H21N3O2S. The molecule has 0 atom stereocenters. The lowest BCUT2D eigenvalue weighted by atomic mass is 10.1. The normalized spacial score (nSPS) is 10.4. The molecule has 0 bridgehead atoms. The van der Waals surface area contributed by atoms with Crippen molar-refractivity contribution in [1.82, 2.24) is 9.97 Å². The van der Waals surface area contributed by atoms with Gasteiger partial charge < -0.3 is 10.1 Å². The molecule has 142 valence electrons. The predicted octanol–water partition coefficient (Wildman–Crippen LogP) is 4.74. The number of amides is 1. The highest BCUT2D eigenvalue weighted by atomic mass is 32.2. The van der Waals surface area contributed by atoms with E-state index in [1.165, 1.54) is 0 Å². The van der Waals surface area contributed by atoms with E-state index in [9.17, 15) is 4.79 Å². The number of anilines is 1. The van der Waals surface area contributed by atoms with Crippen molar-refractivity contribution < 1.29 is 9.53 Å². The Morgan fingerprint density at radius 2 is 1.96 bits per heavy atom. The zero-order valence-corrected chi connectivity index (χ0v) is 16.6. The summed E-state index contributed by atoms with van der Waals surface area (Å²) in [5.74, 6) is 1.36. The Morgan fingerprint density at radius 1 is 1.18 bits per heavy atom. The molecule has 0 aliphatic carbocycles. The van der Waals surface area contributed by atoms with Crippen LogP contribution in [0.1, 0.15) is 18.3 Å². The number of aromatic nitrogens is 2. The molecule has 0 saturated heterocycles. The summed E-state index contributed by atoms with van der Waals surface area (Å²) in [6.07, 6.45) is 2.34. The van der Waals surface area contributed by atoms with Gasteiger partial charge in [-0.2, -0.15) is 0 Å². The van der Waals surface area contributed by atoms with E-state index < -0.39 is 0 Å². The van der Waals surface area contributed by atoms with Gasteiger partial charge in [0.1, 0.15) is 16.6 Å². The average Bonchev–Trinajstić information content (AvgIpc) is 2.69. The summed E-state index contributed by atoms with van der Waals surface area (Å²) in [4.78, 5) is 21.9. The Hall–Kier alpha value is -3.12. The Balaban J connectivity index is 1.70. The third-order valence-corrected chi connectivity index (χ3v) is 4.84. The number of nitrogens with zero attached hydrogens (tertiary/aromatic N) is 2. The number of methoxy groups -OCH3 is 1. The molecule has 5 nitrogen and oxygen atoms in total. The molecule has 0 spiro atoms. The Kier molecular flexibility index (Phi) is 6.45. The maximum atomic E-state index is 11.8. The van der Waals surface area contributed by atoms with Crippen molar-refractivity contribution in [1.29, 1.82) is 0 Å². The molecule has 0 unspecified atom stereocenters. The summed E-state index contributed by atoms with van der Waals surface area (Å²) in [7, 11) is 1.65. The number of rotatable bonds is 7. The zero-order valence-electron chi connectivity index (χ0n) is 15.8. The Morgan fingerprint density at radius 3 is 2.68 bits per heavy atom. The molecular weight excluding hydrogens is 370 g/mol. The Bertz CT molecular complexity index is 987. The van der Waals surface area contributed by atoms with Gasteiger partial charge in [0.15, 0.2) is 0 Å². The minimum atomic E-state index is -0.189. The van der Waals surface area contributed by atoms with Crippen LogP contribution in [0.4, 0.5) is 5.69 Å². The van der Waals surface area contributed by atoms with Crippen molar-refractivity contribution in [2.45, 2.75) is 23.3 Å². The first kappa shape index (κ1) is 19.6. The first-order chi connectivity index (χ1) is 13.5.